The van der Waals surface area contributed by atoms with E-state index < -0.39 is 21.7 Å². The fourth-order valence-corrected chi connectivity index (χ4v) is 0.917. The second-order valence-electron chi connectivity index (χ2n) is 1.82. The van der Waals surface area contributed by atoms with Crippen molar-refractivity contribution in [1.82, 2.24) is 0 Å². The van der Waals surface area contributed by atoms with Gasteiger partial charge in [-0.25, -0.2) is 8.42 Å². The molecule has 0 atom stereocenters. The Morgan fingerprint density at radius 3 is 1.69 bits per heavy atom. The summed E-state index contributed by atoms with van der Waals surface area (Å²) < 4.78 is 62.6. The molecule has 0 aromatic heterocycles. The number of hydrogen-bond acceptors (Lipinski definition) is 5. The van der Waals surface area contributed by atoms with Crippen LogP contribution in [0.2, 0.25) is 0 Å². The maximum Gasteiger partial charge on any atom is 1.00 e. The molecule has 0 bridgehead atoms. The van der Waals surface area contributed by atoms with Gasteiger partial charge in [0, 0.05) is 14.2 Å². The van der Waals surface area contributed by atoms with Crippen molar-refractivity contribution >= 4 is 10.1 Å². The molecule has 0 N–H and O–H groups in total. The summed E-state index contributed by atoms with van der Waals surface area (Å²) in [4.78, 5) is 0. The summed E-state index contributed by atoms with van der Waals surface area (Å²) in [6, 6.07) is 0. The Kier molecular flexibility index (Phi) is 6.88. The molecule has 0 fully saturated rings. The number of rotatable bonds is 4. The van der Waals surface area contributed by atoms with Crippen LogP contribution in [0.5, 0.6) is 0 Å². The third-order valence-corrected chi connectivity index (χ3v) is 1.89. The minimum absolute atomic E-state index is 0. The zero-order valence-corrected chi connectivity index (χ0v) is 10.1. The maximum absolute atomic E-state index is 12.4. The molecule has 0 rings (SSSR count). The minimum atomic E-state index is -5.76. The fraction of sp³-hybridized carbons (Fsp3) is 1.00. The van der Waals surface area contributed by atoms with Crippen LogP contribution in [0.4, 0.5) is 8.78 Å². The Labute approximate surface area is 96.4 Å². The van der Waals surface area contributed by atoms with Crippen molar-refractivity contribution in [1.29, 1.82) is 0 Å². The Hall–Kier alpha value is 0.690. The summed E-state index contributed by atoms with van der Waals surface area (Å²) in [5.41, 5.74) is 0. The van der Waals surface area contributed by atoms with Gasteiger partial charge in [-0.2, -0.15) is 8.78 Å². The molecule has 0 amide bonds. The van der Waals surface area contributed by atoms with Gasteiger partial charge < -0.3 is 14.0 Å². The van der Waals surface area contributed by atoms with E-state index in [9.17, 15) is 21.8 Å². The van der Waals surface area contributed by atoms with Crippen LogP contribution in [0.15, 0.2) is 0 Å². The topological polar surface area (TPSA) is 75.7 Å². The molecule has 0 heterocycles. The van der Waals surface area contributed by atoms with Crippen molar-refractivity contribution < 1.29 is 60.8 Å². The number of methoxy groups -OCH3 is 2. The molecule has 0 aliphatic heterocycles. The van der Waals surface area contributed by atoms with E-state index in [2.05, 4.69) is 9.47 Å². The van der Waals surface area contributed by atoms with Crippen molar-refractivity contribution in [3.05, 3.63) is 0 Å². The van der Waals surface area contributed by atoms with Gasteiger partial charge in [-0.3, -0.25) is 0 Å². The molecule has 0 unspecified atom stereocenters. The van der Waals surface area contributed by atoms with E-state index in [1.54, 1.807) is 0 Å². The molecular weight excluding hydrogens is 221 g/mol. The van der Waals surface area contributed by atoms with Gasteiger partial charge >= 0.3 is 34.8 Å². The van der Waals surface area contributed by atoms with Gasteiger partial charge in [-0.15, -0.1) is 0 Å². The summed E-state index contributed by atoms with van der Waals surface area (Å²) in [6.07, 6.45) is -2.38. The Balaban J connectivity index is 0. The average Bonchev–Trinajstić information content (AvgIpc) is 1.87. The molecule has 13 heavy (non-hydrogen) atoms. The standard InChI is InChI=1S/C4H8F2O5S.Na/c1-10-3(11-2)4(5,6)12(7,8)9;/h3H,1-2H3,(H,7,8,9);/q;+1/p-1. The van der Waals surface area contributed by atoms with Gasteiger partial charge in [-0.1, -0.05) is 0 Å². The third-order valence-electron chi connectivity index (χ3n) is 1.04. The van der Waals surface area contributed by atoms with Gasteiger partial charge in [0.15, 0.2) is 10.1 Å². The van der Waals surface area contributed by atoms with Crippen LogP contribution in [0.3, 0.4) is 0 Å². The van der Waals surface area contributed by atoms with E-state index in [0.29, 0.717) is 0 Å². The monoisotopic (exact) mass is 228 g/mol. The van der Waals surface area contributed by atoms with Crippen LogP contribution < -0.4 is 29.6 Å². The van der Waals surface area contributed by atoms with E-state index in [-0.39, 0.29) is 29.6 Å². The normalized spacial score (nSPS) is 12.8. The van der Waals surface area contributed by atoms with Crippen molar-refractivity contribution in [2.24, 2.45) is 0 Å². The second kappa shape index (κ2) is 5.54. The summed E-state index contributed by atoms with van der Waals surface area (Å²) in [5.74, 6) is 0. The van der Waals surface area contributed by atoms with Gasteiger partial charge in [-0.05, 0) is 0 Å². The van der Waals surface area contributed by atoms with Gasteiger partial charge in [0.25, 0.3) is 0 Å². The quantitative estimate of drug-likeness (QED) is 0.287. The molecule has 9 heteroatoms. The van der Waals surface area contributed by atoms with E-state index in [4.69, 9.17) is 0 Å². The summed E-state index contributed by atoms with van der Waals surface area (Å²) in [6.45, 7) is 0. The van der Waals surface area contributed by atoms with Crippen molar-refractivity contribution in [3.63, 3.8) is 0 Å². The zero-order valence-electron chi connectivity index (χ0n) is 7.28. The van der Waals surface area contributed by atoms with E-state index in [1.165, 1.54) is 0 Å². The predicted molar refractivity (Wildman–Crippen MR) is 32.5 cm³/mol. The molecule has 0 aliphatic rings. The molecule has 0 radical (unpaired) electrons. The molecular formula is C4H7F2NaO5S. The van der Waals surface area contributed by atoms with Gasteiger partial charge in [0.2, 0.25) is 6.29 Å². The zero-order chi connectivity index (χ0) is 9.99. The van der Waals surface area contributed by atoms with Crippen molar-refractivity contribution in [2.75, 3.05) is 14.2 Å². The molecule has 0 saturated carbocycles. The predicted octanol–water partition coefficient (Wildman–Crippen LogP) is -3.25. The average molecular weight is 228 g/mol. The first kappa shape index (κ1) is 16.1. The smallest absolute Gasteiger partial charge is 0.743 e. The molecule has 0 spiro atoms. The first-order chi connectivity index (χ1) is 5.27. The number of hydrogen-bond donors (Lipinski definition) is 0. The first-order valence-corrected chi connectivity index (χ1v) is 4.07. The second-order valence-corrected chi connectivity index (χ2v) is 3.27. The fourth-order valence-electron chi connectivity index (χ4n) is 0.488. The van der Waals surface area contributed by atoms with Crippen LogP contribution in [0, 0.1) is 0 Å². The molecule has 5 nitrogen and oxygen atoms in total. The third kappa shape index (κ3) is 3.74. The van der Waals surface area contributed by atoms with Crippen molar-refractivity contribution in [3.8, 4) is 0 Å². The number of halogens is 2. The van der Waals surface area contributed by atoms with Crippen LogP contribution in [-0.4, -0.2) is 38.7 Å². The molecule has 0 aromatic rings. The molecule has 0 saturated heterocycles. The Morgan fingerprint density at radius 1 is 1.31 bits per heavy atom. The summed E-state index contributed by atoms with van der Waals surface area (Å²) in [5, 5.41) is -4.57. The number of alkyl halides is 2. The molecule has 74 valence electrons. The van der Waals surface area contributed by atoms with Crippen LogP contribution in [0.1, 0.15) is 0 Å². The Morgan fingerprint density at radius 2 is 1.62 bits per heavy atom. The van der Waals surface area contributed by atoms with Crippen LogP contribution >= 0.6 is 0 Å². The van der Waals surface area contributed by atoms with Gasteiger partial charge in [0.1, 0.15) is 0 Å². The van der Waals surface area contributed by atoms with Crippen LogP contribution in [0.25, 0.3) is 0 Å². The van der Waals surface area contributed by atoms with E-state index in [1.807, 2.05) is 0 Å². The first-order valence-electron chi connectivity index (χ1n) is 2.66. The minimum Gasteiger partial charge on any atom is -0.743 e. The SMILES string of the molecule is COC(OC)C(F)(F)S(=O)(=O)[O-].[Na+]. The largest absolute Gasteiger partial charge is 1.00 e. The van der Waals surface area contributed by atoms with Crippen molar-refractivity contribution in [2.45, 2.75) is 11.5 Å². The summed E-state index contributed by atoms with van der Waals surface area (Å²) >= 11 is 0. The van der Waals surface area contributed by atoms with Crippen LogP contribution in [-0.2, 0) is 19.6 Å². The Bertz CT molecular complexity index is 237. The molecule has 0 aromatic carbocycles. The van der Waals surface area contributed by atoms with E-state index in [0.717, 1.165) is 14.2 Å². The van der Waals surface area contributed by atoms with Gasteiger partial charge in [0.05, 0.1) is 0 Å². The van der Waals surface area contributed by atoms with E-state index >= 15 is 0 Å². The molecule has 0 aliphatic carbocycles. The number of ether oxygens (including phenoxy) is 2. The summed E-state index contributed by atoms with van der Waals surface area (Å²) in [7, 11) is -4.16. The maximum atomic E-state index is 12.4.